The van der Waals surface area contributed by atoms with Crippen molar-refractivity contribution in [3.63, 3.8) is 0 Å². The topological polar surface area (TPSA) is 38.1 Å². The van der Waals surface area contributed by atoms with E-state index in [0.29, 0.717) is 5.56 Å². The zero-order valence-electron chi connectivity index (χ0n) is 16.6. The summed E-state index contributed by atoms with van der Waals surface area (Å²) in [6.07, 6.45) is 5.60. The molecule has 2 bridgehead atoms. The number of halogens is 1. The molecule has 3 saturated carbocycles. The third-order valence-electron chi connectivity index (χ3n) is 7.42. The molecule has 7 rings (SSSR count). The molecule has 5 heteroatoms. The highest BCUT2D eigenvalue weighted by molar-refractivity contribution is 5.87. The van der Waals surface area contributed by atoms with E-state index in [4.69, 9.17) is 0 Å². The Labute approximate surface area is 169 Å². The number of carbonyl (C=O) groups is 1. The van der Waals surface area contributed by atoms with Gasteiger partial charge in [0, 0.05) is 24.0 Å². The summed E-state index contributed by atoms with van der Waals surface area (Å²) in [5, 5.41) is 5.78. The lowest BCUT2D eigenvalue weighted by molar-refractivity contribution is -0.227. The SMILES string of the molecule is Cc1ccc2c(cnn2CC23CC(C(=O)N4CCC4c4ccccc4F)(C2)C3)c1. The molecule has 0 spiro atoms. The van der Waals surface area contributed by atoms with E-state index >= 15 is 0 Å². The Balaban J connectivity index is 1.16. The molecule has 3 aromatic rings. The lowest BCUT2D eigenvalue weighted by atomic mass is 9.34. The molecule has 1 atom stereocenters. The first-order chi connectivity index (χ1) is 14.0. The van der Waals surface area contributed by atoms with E-state index in [-0.39, 0.29) is 28.6 Å². The molecule has 2 heterocycles. The first-order valence-electron chi connectivity index (χ1n) is 10.5. The molecule has 4 nitrogen and oxygen atoms in total. The first kappa shape index (κ1) is 17.2. The minimum Gasteiger partial charge on any atom is -0.335 e. The van der Waals surface area contributed by atoms with Gasteiger partial charge in [0.15, 0.2) is 0 Å². The number of aromatic nitrogens is 2. The Morgan fingerprint density at radius 1 is 1.21 bits per heavy atom. The Bertz CT molecular complexity index is 1130. The zero-order chi connectivity index (χ0) is 19.8. The number of rotatable bonds is 4. The summed E-state index contributed by atoms with van der Waals surface area (Å²) in [6, 6.07) is 13.2. The summed E-state index contributed by atoms with van der Waals surface area (Å²) < 4.78 is 16.3. The van der Waals surface area contributed by atoms with Crippen LogP contribution in [0.2, 0.25) is 0 Å². The maximum atomic E-state index is 14.2. The van der Waals surface area contributed by atoms with Crippen LogP contribution < -0.4 is 0 Å². The van der Waals surface area contributed by atoms with Crippen LogP contribution in [-0.2, 0) is 11.3 Å². The molecule has 0 radical (unpaired) electrons. The number of fused-ring (bicyclic) bond motifs is 1. The van der Waals surface area contributed by atoms with Crippen molar-refractivity contribution in [1.29, 1.82) is 0 Å². The summed E-state index contributed by atoms with van der Waals surface area (Å²) in [7, 11) is 0. The van der Waals surface area contributed by atoms with Crippen LogP contribution in [0.4, 0.5) is 4.39 Å². The molecular weight excluding hydrogens is 365 g/mol. The smallest absolute Gasteiger partial charge is 0.229 e. The highest BCUT2D eigenvalue weighted by Crippen LogP contribution is 2.75. The van der Waals surface area contributed by atoms with Crippen LogP contribution in [0, 0.1) is 23.6 Å². The van der Waals surface area contributed by atoms with E-state index in [1.165, 1.54) is 22.5 Å². The predicted octanol–water partition coefficient (Wildman–Crippen LogP) is 4.63. The largest absolute Gasteiger partial charge is 0.335 e. The lowest BCUT2D eigenvalue weighted by Gasteiger charge is -2.70. The van der Waals surface area contributed by atoms with Gasteiger partial charge in [-0.15, -0.1) is 0 Å². The molecule has 1 aromatic heterocycles. The monoisotopic (exact) mass is 389 g/mol. The fourth-order valence-electron chi connectivity index (χ4n) is 6.05. The van der Waals surface area contributed by atoms with Crippen LogP contribution in [0.1, 0.15) is 42.9 Å². The van der Waals surface area contributed by atoms with Crippen LogP contribution in [0.5, 0.6) is 0 Å². The summed E-state index contributed by atoms with van der Waals surface area (Å²) in [5.74, 6) is 0.0321. The summed E-state index contributed by atoms with van der Waals surface area (Å²) in [5.41, 5.74) is 3.07. The normalized spacial score (nSPS) is 29.9. The fourth-order valence-corrected chi connectivity index (χ4v) is 6.05. The molecule has 29 heavy (non-hydrogen) atoms. The van der Waals surface area contributed by atoms with Crippen molar-refractivity contribution in [2.75, 3.05) is 6.54 Å². The average Bonchev–Trinajstić information content (AvgIpc) is 2.99. The van der Waals surface area contributed by atoms with E-state index in [9.17, 15) is 9.18 Å². The molecule has 148 valence electrons. The second kappa shape index (κ2) is 5.68. The van der Waals surface area contributed by atoms with Crippen LogP contribution in [0.15, 0.2) is 48.7 Å². The van der Waals surface area contributed by atoms with Gasteiger partial charge in [-0.1, -0.05) is 29.8 Å². The average molecular weight is 389 g/mol. The third kappa shape index (κ3) is 2.36. The molecule has 1 aliphatic heterocycles. The van der Waals surface area contributed by atoms with Gasteiger partial charge in [0.1, 0.15) is 5.82 Å². The van der Waals surface area contributed by atoms with Gasteiger partial charge in [0.25, 0.3) is 0 Å². The predicted molar refractivity (Wildman–Crippen MR) is 109 cm³/mol. The van der Waals surface area contributed by atoms with Crippen molar-refractivity contribution >= 4 is 16.8 Å². The Kier molecular flexibility index (Phi) is 3.37. The maximum Gasteiger partial charge on any atom is 0.229 e. The minimum atomic E-state index is -0.205. The number of hydrogen-bond donors (Lipinski definition) is 0. The summed E-state index contributed by atoms with van der Waals surface area (Å²) in [4.78, 5) is 15.1. The van der Waals surface area contributed by atoms with Gasteiger partial charge in [-0.3, -0.25) is 9.48 Å². The number of hydrogen-bond acceptors (Lipinski definition) is 2. The van der Waals surface area contributed by atoms with Crippen molar-refractivity contribution in [3.8, 4) is 0 Å². The van der Waals surface area contributed by atoms with E-state index in [1.54, 1.807) is 6.07 Å². The number of likely N-dealkylation sites (tertiary alicyclic amines) is 1. The molecular formula is C24H24FN3O. The number of amides is 1. The van der Waals surface area contributed by atoms with Gasteiger partial charge in [0.2, 0.25) is 5.91 Å². The number of aryl methyl sites for hydroxylation is 1. The molecule has 3 aliphatic carbocycles. The van der Waals surface area contributed by atoms with Gasteiger partial charge in [-0.2, -0.15) is 5.10 Å². The molecule has 1 unspecified atom stereocenters. The maximum absolute atomic E-state index is 14.2. The summed E-state index contributed by atoms with van der Waals surface area (Å²) >= 11 is 0. The van der Waals surface area contributed by atoms with E-state index in [1.807, 2.05) is 23.2 Å². The fraction of sp³-hybridized carbons (Fsp3) is 0.417. The third-order valence-corrected chi connectivity index (χ3v) is 7.42. The number of carbonyl (C=O) groups excluding carboxylic acids is 1. The molecule has 4 aliphatic rings. The van der Waals surface area contributed by atoms with Crippen molar-refractivity contribution in [3.05, 3.63) is 65.6 Å². The van der Waals surface area contributed by atoms with Crippen LogP contribution in [-0.4, -0.2) is 27.1 Å². The highest BCUT2D eigenvalue weighted by Gasteiger charge is 2.72. The standard InChI is InChI=1S/C24H24FN3O/c1-16-6-7-20-17(10-16)11-26-28(20)15-23-12-24(13-23,14-23)22(29)27-9-8-21(27)18-4-2-3-5-19(18)25/h2-7,10-11,21H,8-9,12-15H2,1H3. The van der Waals surface area contributed by atoms with E-state index < -0.39 is 0 Å². The van der Waals surface area contributed by atoms with Crippen LogP contribution >= 0.6 is 0 Å². The van der Waals surface area contributed by atoms with Gasteiger partial charge in [-0.25, -0.2) is 4.39 Å². The zero-order valence-corrected chi connectivity index (χ0v) is 16.6. The second-order valence-electron chi connectivity index (χ2n) is 9.50. The van der Waals surface area contributed by atoms with Gasteiger partial charge >= 0.3 is 0 Å². The quantitative estimate of drug-likeness (QED) is 0.653. The Hall–Kier alpha value is -2.69. The van der Waals surface area contributed by atoms with Crippen molar-refractivity contribution in [2.24, 2.45) is 10.8 Å². The first-order valence-corrected chi connectivity index (χ1v) is 10.5. The van der Waals surface area contributed by atoms with Crippen molar-refractivity contribution < 1.29 is 9.18 Å². The van der Waals surface area contributed by atoms with Crippen LogP contribution in [0.3, 0.4) is 0 Å². The van der Waals surface area contributed by atoms with E-state index in [0.717, 1.165) is 38.8 Å². The molecule has 2 aromatic carbocycles. The van der Waals surface area contributed by atoms with Gasteiger partial charge in [-0.05, 0) is 56.2 Å². The molecule has 1 saturated heterocycles. The highest BCUT2D eigenvalue weighted by atomic mass is 19.1. The number of benzene rings is 2. The Morgan fingerprint density at radius 2 is 2.00 bits per heavy atom. The molecule has 1 amide bonds. The minimum absolute atomic E-state index is 0.0908. The van der Waals surface area contributed by atoms with Crippen molar-refractivity contribution in [1.82, 2.24) is 14.7 Å². The Morgan fingerprint density at radius 3 is 2.72 bits per heavy atom. The summed E-state index contributed by atoms with van der Waals surface area (Å²) in [6.45, 7) is 3.72. The molecule has 4 fully saturated rings. The van der Waals surface area contributed by atoms with E-state index in [2.05, 4.69) is 34.9 Å². The van der Waals surface area contributed by atoms with Gasteiger partial charge in [0.05, 0.1) is 23.2 Å². The molecule has 0 N–H and O–H groups in total. The second-order valence-corrected chi connectivity index (χ2v) is 9.50. The number of nitrogens with zero attached hydrogens (tertiary/aromatic N) is 3. The lowest BCUT2D eigenvalue weighted by Crippen LogP contribution is -2.70. The van der Waals surface area contributed by atoms with Gasteiger partial charge < -0.3 is 4.90 Å². The van der Waals surface area contributed by atoms with Crippen LogP contribution in [0.25, 0.3) is 10.9 Å². The van der Waals surface area contributed by atoms with Crippen molar-refractivity contribution in [2.45, 2.75) is 45.2 Å².